The third kappa shape index (κ3) is 3.39. The van der Waals surface area contributed by atoms with Crippen molar-refractivity contribution in [3.63, 3.8) is 0 Å². The van der Waals surface area contributed by atoms with Gasteiger partial charge in [0.1, 0.15) is 11.5 Å². The molecule has 4 nitrogen and oxygen atoms in total. The largest absolute Gasteiger partial charge is 0.462 e. The molecule has 2 aromatic rings. The molecule has 0 atom stereocenters. The number of piperazine rings is 1. The molecule has 3 rings (SSSR count). The number of amides is 1. The van der Waals surface area contributed by atoms with Crippen LogP contribution < -0.4 is 4.90 Å². The number of hydrogen-bond acceptors (Lipinski definition) is 3. The molecule has 1 aromatic carbocycles. The number of nitrogens with zero attached hydrogens (tertiary/aromatic N) is 2. The van der Waals surface area contributed by atoms with E-state index in [0.717, 1.165) is 31.9 Å². The van der Waals surface area contributed by atoms with Crippen LogP contribution in [0.1, 0.15) is 11.5 Å². The van der Waals surface area contributed by atoms with Gasteiger partial charge in [-0.05, 0) is 37.3 Å². The lowest BCUT2D eigenvalue weighted by atomic mass is 10.2. The van der Waals surface area contributed by atoms with Gasteiger partial charge in [0.15, 0.2) is 0 Å². The monoisotopic (exact) mass is 296 g/mol. The van der Waals surface area contributed by atoms with Crippen LogP contribution in [0.5, 0.6) is 0 Å². The zero-order valence-corrected chi connectivity index (χ0v) is 12.7. The number of carbonyl (C=O) groups is 1. The zero-order chi connectivity index (χ0) is 15.4. The first-order valence-corrected chi connectivity index (χ1v) is 7.56. The first kappa shape index (κ1) is 14.4. The second kappa shape index (κ2) is 6.52. The van der Waals surface area contributed by atoms with Gasteiger partial charge in [-0.2, -0.15) is 0 Å². The van der Waals surface area contributed by atoms with E-state index < -0.39 is 0 Å². The summed E-state index contributed by atoms with van der Waals surface area (Å²) in [5, 5.41) is 0. The van der Waals surface area contributed by atoms with Crippen molar-refractivity contribution in [3.05, 3.63) is 60.1 Å². The molecule has 2 heterocycles. The van der Waals surface area contributed by atoms with Gasteiger partial charge in [0.25, 0.3) is 0 Å². The number of furan rings is 1. The fraction of sp³-hybridized carbons (Fsp3) is 0.278. The number of hydrogen-bond donors (Lipinski definition) is 0. The molecule has 114 valence electrons. The number of benzene rings is 1. The molecular weight excluding hydrogens is 276 g/mol. The fourth-order valence-corrected chi connectivity index (χ4v) is 2.63. The fourth-order valence-electron chi connectivity index (χ4n) is 2.63. The minimum absolute atomic E-state index is 0.0433. The van der Waals surface area contributed by atoms with Crippen LogP contribution in [0, 0.1) is 6.92 Å². The molecule has 1 aliphatic heterocycles. The van der Waals surface area contributed by atoms with Crippen LogP contribution in [0.4, 0.5) is 5.69 Å². The molecule has 0 unspecified atom stereocenters. The highest BCUT2D eigenvalue weighted by Gasteiger charge is 2.19. The summed E-state index contributed by atoms with van der Waals surface area (Å²) in [7, 11) is 0. The van der Waals surface area contributed by atoms with E-state index in [4.69, 9.17) is 4.42 Å². The zero-order valence-electron chi connectivity index (χ0n) is 12.7. The van der Waals surface area contributed by atoms with Gasteiger partial charge in [-0.25, -0.2) is 0 Å². The second-order valence-electron chi connectivity index (χ2n) is 5.43. The summed E-state index contributed by atoms with van der Waals surface area (Å²) < 4.78 is 5.43. The molecule has 1 aromatic heterocycles. The van der Waals surface area contributed by atoms with Crippen molar-refractivity contribution in [2.24, 2.45) is 0 Å². The Balaban J connectivity index is 1.55. The Labute approximate surface area is 130 Å². The normalized spacial score (nSPS) is 15.5. The topological polar surface area (TPSA) is 36.7 Å². The van der Waals surface area contributed by atoms with E-state index >= 15 is 0 Å². The smallest absolute Gasteiger partial charge is 0.246 e. The molecule has 1 saturated heterocycles. The van der Waals surface area contributed by atoms with Crippen LogP contribution in [-0.2, 0) is 4.79 Å². The molecule has 22 heavy (non-hydrogen) atoms. The van der Waals surface area contributed by atoms with Gasteiger partial charge in [0, 0.05) is 37.9 Å². The average Bonchev–Trinajstić information content (AvgIpc) is 2.99. The van der Waals surface area contributed by atoms with E-state index in [-0.39, 0.29) is 5.91 Å². The molecule has 0 bridgehead atoms. The van der Waals surface area contributed by atoms with Crippen LogP contribution in [0.15, 0.2) is 53.0 Å². The number of anilines is 1. The van der Waals surface area contributed by atoms with Crippen molar-refractivity contribution in [3.8, 4) is 0 Å². The summed E-state index contributed by atoms with van der Waals surface area (Å²) in [6, 6.07) is 14.1. The van der Waals surface area contributed by atoms with Crippen LogP contribution in [0.2, 0.25) is 0 Å². The Morgan fingerprint density at radius 3 is 2.41 bits per heavy atom. The van der Waals surface area contributed by atoms with Gasteiger partial charge in [-0.15, -0.1) is 0 Å². The predicted molar refractivity (Wildman–Crippen MR) is 87.7 cm³/mol. The van der Waals surface area contributed by atoms with Crippen LogP contribution in [-0.4, -0.2) is 37.0 Å². The maximum atomic E-state index is 12.2. The lowest BCUT2D eigenvalue weighted by molar-refractivity contribution is -0.126. The van der Waals surface area contributed by atoms with Gasteiger partial charge in [-0.3, -0.25) is 4.79 Å². The van der Waals surface area contributed by atoms with Gasteiger partial charge in [0.2, 0.25) is 5.91 Å². The first-order valence-electron chi connectivity index (χ1n) is 7.56. The van der Waals surface area contributed by atoms with E-state index in [1.54, 1.807) is 12.2 Å². The molecular formula is C18H20N2O2. The number of aryl methyl sites for hydroxylation is 1. The Hall–Kier alpha value is -2.49. The SMILES string of the molecule is Cc1ccc(/C=C\C(=O)N2CCN(c3ccccc3)CC2)o1. The predicted octanol–water partition coefficient (Wildman–Crippen LogP) is 2.95. The van der Waals surface area contributed by atoms with Crippen molar-refractivity contribution in [1.29, 1.82) is 0 Å². The molecule has 1 aliphatic rings. The van der Waals surface area contributed by atoms with Crippen molar-refractivity contribution in [1.82, 2.24) is 4.90 Å². The van der Waals surface area contributed by atoms with Crippen molar-refractivity contribution < 1.29 is 9.21 Å². The third-order valence-corrected chi connectivity index (χ3v) is 3.86. The number of para-hydroxylation sites is 1. The molecule has 0 spiro atoms. The van der Waals surface area contributed by atoms with E-state index in [1.807, 2.05) is 42.2 Å². The first-order chi connectivity index (χ1) is 10.7. The summed E-state index contributed by atoms with van der Waals surface area (Å²) in [5.41, 5.74) is 1.22. The molecule has 1 fully saturated rings. The highest BCUT2D eigenvalue weighted by Crippen LogP contribution is 2.16. The summed E-state index contributed by atoms with van der Waals surface area (Å²) in [6.07, 6.45) is 3.33. The Kier molecular flexibility index (Phi) is 4.28. The molecule has 0 saturated carbocycles. The summed E-state index contributed by atoms with van der Waals surface area (Å²) in [6.45, 7) is 5.11. The molecule has 0 radical (unpaired) electrons. The van der Waals surface area contributed by atoms with Gasteiger partial charge in [-0.1, -0.05) is 18.2 Å². The lowest BCUT2D eigenvalue weighted by Gasteiger charge is -2.35. The van der Waals surface area contributed by atoms with E-state index in [0.29, 0.717) is 5.76 Å². The average molecular weight is 296 g/mol. The van der Waals surface area contributed by atoms with E-state index in [9.17, 15) is 4.79 Å². The summed E-state index contributed by atoms with van der Waals surface area (Å²) in [5.74, 6) is 1.61. The third-order valence-electron chi connectivity index (χ3n) is 3.86. The van der Waals surface area contributed by atoms with E-state index in [1.165, 1.54) is 5.69 Å². The lowest BCUT2D eigenvalue weighted by Crippen LogP contribution is -2.48. The molecule has 0 N–H and O–H groups in total. The maximum absolute atomic E-state index is 12.2. The van der Waals surface area contributed by atoms with E-state index in [2.05, 4.69) is 17.0 Å². The number of rotatable bonds is 3. The molecule has 4 heteroatoms. The second-order valence-corrected chi connectivity index (χ2v) is 5.43. The minimum atomic E-state index is 0.0433. The highest BCUT2D eigenvalue weighted by molar-refractivity contribution is 5.91. The summed E-state index contributed by atoms with van der Waals surface area (Å²) >= 11 is 0. The Morgan fingerprint density at radius 2 is 1.77 bits per heavy atom. The standard InChI is InChI=1S/C18H20N2O2/c1-15-7-8-17(22-15)9-10-18(21)20-13-11-19(12-14-20)16-5-3-2-4-6-16/h2-10H,11-14H2,1H3/b10-9-. The van der Waals surface area contributed by atoms with Crippen LogP contribution in [0.3, 0.4) is 0 Å². The molecule has 0 aliphatic carbocycles. The Morgan fingerprint density at radius 1 is 1.05 bits per heavy atom. The summed E-state index contributed by atoms with van der Waals surface area (Å²) in [4.78, 5) is 16.4. The van der Waals surface area contributed by atoms with Crippen molar-refractivity contribution in [2.45, 2.75) is 6.92 Å². The van der Waals surface area contributed by atoms with Gasteiger partial charge in [0.05, 0.1) is 0 Å². The van der Waals surface area contributed by atoms with Gasteiger partial charge < -0.3 is 14.2 Å². The minimum Gasteiger partial charge on any atom is -0.462 e. The van der Waals surface area contributed by atoms with Crippen molar-refractivity contribution >= 4 is 17.7 Å². The molecule has 1 amide bonds. The Bertz CT molecular complexity index is 653. The highest BCUT2D eigenvalue weighted by atomic mass is 16.3. The van der Waals surface area contributed by atoms with Crippen LogP contribution in [0.25, 0.3) is 6.08 Å². The van der Waals surface area contributed by atoms with Crippen LogP contribution >= 0.6 is 0 Å². The quantitative estimate of drug-likeness (QED) is 0.817. The number of carbonyl (C=O) groups excluding carboxylic acids is 1. The maximum Gasteiger partial charge on any atom is 0.246 e. The van der Waals surface area contributed by atoms with Crippen molar-refractivity contribution in [2.75, 3.05) is 31.1 Å². The van der Waals surface area contributed by atoms with Gasteiger partial charge >= 0.3 is 0 Å².